The second kappa shape index (κ2) is 9.44. The number of hydrogen-bond acceptors (Lipinski definition) is 4. The topological polar surface area (TPSA) is 84.5 Å². The predicted molar refractivity (Wildman–Crippen MR) is 117 cm³/mol. The lowest BCUT2D eigenvalue weighted by atomic mass is 10.1. The average Bonchev–Trinajstić information content (AvgIpc) is 2.69. The summed E-state index contributed by atoms with van der Waals surface area (Å²) in [7, 11) is -3.66. The summed E-state index contributed by atoms with van der Waals surface area (Å²) < 4.78 is 58.6. The zero-order valence-corrected chi connectivity index (χ0v) is 18.6. The van der Waals surface area contributed by atoms with Gasteiger partial charge in [0.15, 0.2) is 11.6 Å². The van der Waals surface area contributed by atoms with E-state index < -0.39 is 27.6 Å². The molecule has 10 heteroatoms. The fourth-order valence-corrected chi connectivity index (χ4v) is 3.61. The molecule has 0 saturated carbocycles. The summed E-state index contributed by atoms with van der Waals surface area (Å²) in [6.45, 7) is -0.0922. The van der Waals surface area contributed by atoms with Crippen LogP contribution in [0.1, 0.15) is 15.9 Å². The highest BCUT2D eigenvalue weighted by Crippen LogP contribution is 2.28. The van der Waals surface area contributed by atoms with Crippen LogP contribution in [0.3, 0.4) is 0 Å². The summed E-state index contributed by atoms with van der Waals surface area (Å²) in [5, 5.41) is 2.56. The first-order valence-electron chi connectivity index (χ1n) is 8.88. The smallest absolute Gasteiger partial charge is 0.253 e. The van der Waals surface area contributed by atoms with Crippen LogP contribution in [0.15, 0.2) is 65.1 Å². The highest BCUT2D eigenvalue weighted by Gasteiger charge is 2.16. The van der Waals surface area contributed by atoms with Gasteiger partial charge in [-0.1, -0.05) is 28.1 Å². The minimum absolute atomic E-state index is 0.000468. The van der Waals surface area contributed by atoms with E-state index in [1.165, 1.54) is 24.3 Å². The van der Waals surface area contributed by atoms with Gasteiger partial charge in [-0.3, -0.25) is 9.52 Å². The van der Waals surface area contributed by atoms with Gasteiger partial charge in [0.1, 0.15) is 11.5 Å². The number of benzene rings is 3. The predicted octanol–water partition coefficient (Wildman–Crippen LogP) is 4.82. The van der Waals surface area contributed by atoms with Gasteiger partial charge in [0.05, 0.1) is 17.5 Å². The molecule has 3 rings (SSSR count). The molecule has 0 aliphatic carbocycles. The highest BCUT2D eigenvalue weighted by atomic mass is 79.9. The van der Waals surface area contributed by atoms with Crippen LogP contribution in [-0.4, -0.2) is 20.6 Å². The molecule has 31 heavy (non-hydrogen) atoms. The highest BCUT2D eigenvalue weighted by molar-refractivity contribution is 9.10. The Labute approximate surface area is 186 Å². The standard InChI is InChI=1S/C21H17BrF2N2O4S/c1-31(28,29)26-20-8-6-16(30-15-4-2-3-14(22)10-15)11-17(20)21(27)25-12-13-5-7-18(23)19(24)9-13/h2-11,26H,12H2,1H3,(H,25,27). The van der Waals surface area contributed by atoms with Gasteiger partial charge >= 0.3 is 0 Å². The number of nitrogens with one attached hydrogen (secondary N) is 2. The maximum Gasteiger partial charge on any atom is 0.253 e. The molecular formula is C21H17BrF2N2O4S. The first kappa shape index (κ1) is 22.7. The van der Waals surface area contributed by atoms with Gasteiger partial charge in [-0.05, 0) is 54.1 Å². The van der Waals surface area contributed by atoms with Crippen molar-refractivity contribution in [3.05, 3.63) is 87.9 Å². The molecule has 0 aliphatic rings. The van der Waals surface area contributed by atoms with Gasteiger partial charge in [0.25, 0.3) is 5.91 Å². The van der Waals surface area contributed by atoms with Crippen molar-refractivity contribution in [3.8, 4) is 11.5 Å². The van der Waals surface area contributed by atoms with Crippen molar-refractivity contribution in [1.29, 1.82) is 0 Å². The van der Waals surface area contributed by atoms with E-state index in [4.69, 9.17) is 4.74 Å². The quantitative estimate of drug-likeness (QED) is 0.477. The fraction of sp³-hybridized carbons (Fsp3) is 0.0952. The summed E-state index contributed by atoms with van der Waals surface area (Å²) in [6, 6.07) is 14.6. The monoisotopic (exact) mass is 510 g/mol. The van der Waals surface area contributed by atoms with Gasteiger partial charge in [0, 0.05) is 11.0 Å². The van der Waals surface area contributed by atoms with Crippen molar-refractivity contribution in [2.75, 3.05) is 11.0 Å². The number of amides is 1. The molecule has 3 aromatic rings. The third-order valence-corrected chi connectivity index (χ3v) is 5.08. The van der Waals surface area contributed by atoms with Crippen LogP contribution in [0, 0.1) is 11.6 Å². The van der Waals surface area contributed by atoms with E-state index in [1.54, 1.807) is 18.2 Å². The van der Waals surface area contributed by atoms with Gasteiger partial charge in [-0.25, -0.2) is 17.2 Å². The molecule has 162 valence electrons. The number of halogens is 3. The number of hydrogen-bond donors (Lipinski definition) is 2. The van der Waals surface area contributed by atoms with Crippen molar-refractivity contribution in [2.24, 2.45) is 0 Å². The average molecular weight is 511 g/mol. The molecule has 0 heterocycles. The van der Waals surface area contributed by atoms with Crippen molar-refractivity contribution in [2.45, 2.75) is 6.54 Å². The molecule has 6 nitrogen and oxygen atoms in total. The molecule has 0 aromatic heterocycles. The van der Waals surface area contributed by atoms with Crippen LogP contribution in [-0.2, 0) is 16.6 Å². The van der Waals surface area contributed by atoms with Crippen LogP contribution in [0.25, 0.3) is 0 Å². The lowest BCUT2D eigenvalue weighted by molar-refractivity contribution is 0.0951. The van der Waals surface area contributed by atoms with Gasteiger partial charge in [-0.2, -0.15) is 0 Å². The largest absolute Gasteiger partial charge is 0.457 e. The van der Waals surface area contributed by atoms with E-state index in [0.29, 0.717) is 17.1 Å². The molecule has 0 spiro atoms. The van der Waals surface area contributed by atoms with Crippen molar-refractivity contribution >= 4 is 37.5 Å². The Morgan fingerprint density at radius 1 is 1.00 bits per heavy atom. The van der Waals surface area contributed by atoms with E-state index in [-0.39, 0.29) is 17.8 Å². The maximum atomic E-state index is 13.4. The number of ether oxygens (including phenoxy) is 1. The van der Waals surface area contributed by atoms with E-state index in [0.717, 1.165) is 22.9 Å². The zero-order valence-electron chi connectivity index (χ0n) is 16.2. The number of carbonyl (C=O) groups is 1. The Morgan fingerprint density at radius 3 is 2.42 bits per heavy atom. The molecular weight excluding hydrogens is 494 g/mol. The van der Waals surface area contributed by atoms with E-state index in [9.17, 15) is 22.0 Å². The van der Waals surface area contributed by atoms with Crippen LogP contribution in [0.5, 0.6) is 11.5 Å². The lowest BCUT2D eigenvalue weighted by Gasteiger charge is -2.14. The Morgan fingerprint density at radius 2 is 1.74 bits per heavy atom. The Bertz CT molecular complexity index is 1240. The molecule has 0 atom stereocenters. The Balaban J connectivity index is 1.86. The third-order valence-electron chi connectivity index (χ3n) is 4.00. The minimum Gasteiger partial charge on any atom is -0.457 e. The van der Waals surface area contributed by atoms with Crippen molar-refractivity contribution < 1.29 is 26.7 Å². The molecule has 0 fully saturated rings. The Kier molecular flexibility index (Phi) is 6.91. The van der Waals surface area contributed by atoms with E-state index in [1.807, 2.05) is 6.07 Å². The molecule has 0 unspecified atom stereocenters. The molecule has 1 amide bonds. The Hall–Kier alpha value is -2.98. The molecule has 3 aromatic carbocycles. The summed E-state index contributed by atoms with van der Waals surface area (Å²) in [4.78, 5) is 12.8. The van der Waals surface area contributed by atoms with Crippen molar-refractivity contribution in [1.82, 2.24) is 5.32 Å². The van der Waals surface area contributed by atoms with Crippen LogP contribution in [0.4, 0.5) is 14.5 Å². The van der Waals surface area contributed by atoms with E-state index >= 15 is 0 Å². The molecule has 0 bridgehead atoms. The molecule has 0 saturated heterocycles. The van der Waals surface area contributed by atoms with Gasteiger partial charge in [-0.15, -0.1) is 0 Å². The summed E-state index contributed by atoms with van der Waals surface area (Å²) >= 11 is 3.34. The SMILES string of the molecule is CS(=O)(=O)Nc1ccc(Oc2cccc(Br)c2)cc1C(=O)NCc1ccc(F)c(F)c1. The van der Waals surface area contributed by atoms with Crippen LogP contribution >= 0.6 is 15.9 Å². The first-order chi connectivity index (χ1) is 14.6. The van der Waals surface area contributed by atoms with Gasteiger partial charge < -0.3 is 10.1 Å². The maximum absolute atomic E-state index is 13.4. The normalized spacial score (nSPS) is 11.1. The lowest BCUT2D eigenvalue weighted by Crippen LogP contribution is -2.25. The zero-order chi connectivity index (χ0) is 22.6. The summed E-state index contributed by atoms with van der Waals surface area (Å²) in [6.07, 6.45) is 0.960. The first-order valence-corrected chi connectivity index (χ1v) is 11.6. The number of carbonyl (C=O) groups excluding carboxylic acids is 1. The van der Waals surface area contributed by atoms with Crippen LogP contribution in [0.2, 0.25) is 0 Å². The number of anilines is 1. The second-order valence-electron chi connectivity index (χ2n) is 6.57. The number of sulfonamides is 1. The fourth-order valence-electron chi connectivity index (χ4n) is 2.66. The number of rotatable bonds is 7. The summed E-state index contributed by atoms with van der Waals surface area (Å²) in [5.74, 6) is -1.85. The molecule has 0 radical (unpaired) electrons. The second-order valence-corrected chi connectivity index (χ2v) is 9.24. The van der Waals surface area contributed by atoms with Crippen LogP contribution < -0.4 is 14.8 Å². The minimum atomic E-state index is -3.66. The molecule has 2 N–H and O–H groups in total. The van der Waals surface area contributed by atoms with E-state index in [2.05, 4.69) is 26.0 Å². The van der Waals surface area contributed by atoms with Gasteiger partial charge in [0.2, 0.25) is 10.0 Å². The van der Waals surface area contributed by atoms with Crippen molar-refractivity contribution in [3.63, 3.8) is 0 Å². The molecule has 0 aliphatic heterocycles. The summed E-state index contributed by atoms with van der Waals surface area (Å²) in [5.41, 5.74) is 0.388. The third kappa shape index (κ3) is 6.50.